The first-order chi connectivity index (χ1) is 9.49. The summed E-state index contributed by atoms with van der Waals surface area (Å²) in [6.07, 6.45) is 1.20. The highest BCUT2D eigenvalue weighted by Gasteiger charge is 2.22. The molecule has 2 N–H and O–H groups in total. The molecule has 0 spiro atoms. The summed E-state index contributed by atoms with van der Waals surface area (Å²) in [5.41, 5.74) is 0.647. The third-order valence-electron chi connectivity index (χ3n) is 2.71. The van der Waals surface area contributed by atoms with Crippen LogP contribution in [0.4, 0.5) is 0 Å². The van der Waals surface area contributed by atoms with Crippen LogP contribution in [0.15, 0.2) is 35.1 Å². The maximum Gasteiger partial charge on any atom is 0.354 e. The maximum absolute atomic E-state index is 12.2. The fourth-order valence-electron chi connectivity index (χ4n) is 1.78. The number of benzene rings is 1. The Balaban J connectivity index is 2.16. The van der Waals surface area contributed by atoms with E-state index in [1.54, 1.807) is 7.05 Å². The van der Waals surface area contributed by atoms with Gasteiger partial charge in [0.05, 0.1) is 6.33 Å². The van der Waals surface area contributed by atoms with Gasteiger partial charge < -0.3 is 15.0 Å². The number of nitrogens with one attached hydrogen (secondary N) is 1. The molecular formula is C13H12BrN3O3. The lowest BCUT2D eigenvalue weighted by atomic mass is 10.2. The zero-order valence-corrected chi connectivity index (χ0v) is 12.2. The van der Waals surface area contributed by atoms with Crippen molar-refractivity contribution >= 4 is 27.8 Å². The molecule has 1 aromatic carbocycles. The standard InChI is InChI=1S/C13H12BrN3O3/c1-17(6-8-3-2-4-9(14)5-8)12(18)10-11(13(19)20)16-7-15-10/h2-5,7H,6H2,1H3,(H,15,16)(H,19,20). The summed E-state index contributed by atoms with van der Waals surface area (Å²) in [5.74, 6) is -1.65. The van der Waals surface area contributed by atoms with Crippen molar-refractivity contribution in [3.8, 4) is 0 Å². The number of rotatable bonds is 4. The second-order valence-electron chi connectivity index (χ2n) is 4.22. The Bertz CT molecular complexity index is 654. The SMILES string of the molecule is CN(Cc1cccc(Br)c1)C(=O)c1nc[nH]c1C(=O)O. The molecule has 0 saturated carbocycles. The molecule has 0 saturated heterocycles. The molecule has 2 rings (SSSR count). The van der Waals surface area contributed by atoms with Gasteiger partial charge in [0.1, 0.15) is 0 Å². The quantitative estimate of drug-likeness (QED) is 0.894. The zero-order chi connectivity index (χ0) is 14.7. The molecule has 0 aliphatic heterocycles. The highest BCUT2D eigenvalue weighted by atomic mass is 79.9. The highest BCUT2D eigenvalue weighted by molar-refractivity contribution is 9.10. The average Bonchev–Trinajstić information content (AvgIpc) is 2.87. The van der Waals surface area contributed by atoms with Crippen LogP contribution in [0.5, 0.6) is 0 Å². The molecule has 0 radical (unpaired) electrons. The van der Waals surface area contributed by atoms with E-state index in [9.17, 15) is 9.59 Å². The van der Waals surface area contributed by atoms with Gasteiger partial charge in [0.15, 0.2) is 11.4 Å². The molecule has 0 fully saturated rings. The summed E-state index contributed by atoms with van der Waals surface area (Å²) in [6, 6.07) is 7.54. The number of aromatic amines is 1. The molecule has 1 aromatic heterocycles. The molecule has 0 atom stereocenters. The fourth-order valence-corrected chi connectivity index (χ4v) is 2.23. The molecule has 0 aliphatic carbocycles. The molecule has 0 aliphatic rings. The van der Waals surface area contributed by atoms with Gasteiger partial charge in [0.2, 0.25) is 0 Å². The van der Waals surface area contributed by atoms with Crippen molar-refractivity contribution in [2.75, 3.05) is 7.05 Å². The van der Waals surface area contributed by atoms with Gasteiger partial charge in [0.25, 0.3) is 5.91 Å². The number of imidazole rings is 1. The second kappa shape index (κ2) is 5.87. The van der Waals surface area contributed by atoms with Gasteiger partial charge in [-0.15, -0.1) is 0 Å². The first-order valence-electron chi connectivity index (χ1n) is 5.75. The van der Waals surface area contributed by atoms with Gasteiger partial charge in [-0.05, 0) is 17.7 Å². The molecule has 2 aromatic rings. The van der Waals surface area contributed by atoms with Gasteiger partial charge in [-0.2, -0.15) is 0 Å². The smallest absolute Gasteiger partial charge is 0.354 e. The van der Waals surface area contributed by atoms with E-state index in [-0.39, 0.29) is 11.4 Å². The van der Waals surface area contributed by atoms with Crippen molar-refractivity contribution in [1.82, 2.24) is 14.9 Å². The van der Waals surface area contributed by atoms with Crippen molar-refractivity contribution in [3.05, 3.63) is 52.0 Å². The molecule has 1 amide bonds. The summed E-state index contributed by atoms with van der Waals surface area (Å²) in [5, 5.41) is 8.96. The number of carbonyl (C=O) groups is 2. The van der Waals surface area contributed by atoms with Crippen LogP contribution in [0.25, 0.3) is 0 Å². The number of hydrogen-bond donors (Lipinski definition) is 2. The van der Waals surface area contributed by atoms with E-state index in [0.717, 1.165) is 10.0 Å². The van der Waals surface area contributed by atoms with Crippen LogP contribution in [0, 0.1) is 0 Å². The monoisotopic (exact) mass is 337 g/mol. The fraction of sp³-hybridized carbons (Fsp3) is 0.154. The number of carboxylic acid groups (broad SMARTS) is 1. The summed E-state index contributed by atoms with van der Waals surface area (Å²) in [7, 11) is 1.60. The van der Waals surface area contributed by atoms with Gasteiger partial charge in [-0.3, -0.25) is 4.79 Å². The Morgan fingerprint density at radius 3 is 2.85 bits per heavy atom. The lowest BCUT2D eigenvalue weighted by Crippen LogP contribution is -2.28. The van der Waals surface area contributed by atoms with Crippen molar-refractivity contribution in [2.45, 2.75) is 6.54 Å². The number of H-pyrrole nitrogens is 1. The summed E-state index contributed by atoms with van der Waals surface area (Å²) >= 11 is 3.36. The third kappa shape index (κ3) is 3.05. The van der Waals surface area contributed by atoms with Crippen molar-refractivity contribution in [2.24, 2.45) is 0 Å². The van der Waals surface area contributed by atoms with Crippen LogP contribution < -0.4 is 0 Å². The Morgan fingerprint density at radius 2 is 2.20 bits per heavy atom. The number of aromatic nitrogens is 2. The van der Waals surface area contributed by atoms with Crippen LogP contribution in [-0.2, 0) is 6.54 Å². The minimum atomic E-state index is -1.21. The van der Waals surface area contributed by atoms with Crippen molar-refractivity contribution in [3.63, 3.8) is 0 Å². The lowest BCUT2D eigenvalue weighted by Gasteiger charge is -2.16. The number of halogens is 1. The third-order valence-corrected chi connectivity index (χ3v) is 3.20. The molecule has 0 bridgehead atoms. The maximum atomic E-state index is 12.2. The Kier molecular flexibility index (Phi) is 4.19. The average molecular weight is 338 g/mol. The predicted molar refractivity (Wildman–Crippen MR) is 75.5 cm³/mol. The summed E-state index contributed by atoms with van der Waals surface area (Å²) in [6.45, 7) is 0.365. The molecule has 6 nitrogen and oxygen atoms in total. The number of nitrogens with zero attached hydrogens (tertiary/aromatic N) is 2. The minimum absolute atomic E-state index is 0.0880. The minimum Gasteiger partial charge on any atom is -0.477 e. The van der Waals surface area contributed by atoms with E-state index < -0.39 is 11.9 Å². The normalized spacial score (nSPS) is 10.3. The van der Waals surface area contributed by atoms with Gasteiger partial charge in [0, 0.05) is 18.1 Å². The largest absolute Gasteiger partial charge is 0.477 e. The summed E-state index contributed by atoms with van der Waals surface area (Å²) < 4.78 is 0.918. The molecule has 1 heterocycles. The van der Waals surface area contributed by atoms with E-state index in [1.165, 1.54) is 11.2 Å². The molecule has 104 valence electrons. The molecule has 7 heteroatoms. The Morgan fingerprint density at radius 1 is 1.45 bits per heavy atom. The Hall–Kier alpha value is -2.15. The van der Waals surface area contributed by atoms with Crippen LogP contribution in [-0.4, -0.2) is 38.9 Å². The van der Waals surface area contributed by atoms with Crippen molar-refractivity contribution in [1.29, 1.82) is 0 Å². The van der Waals surface area contributed by atoms with E-state index in [4.69, 9.17) is 5.11 Å². The first-order valence-corrected chi connectivity index (χ1v) is 6.55. The van der Waals surface area contributed by atoms with Crippen LogP contribution in [0.1, 0.15) is 26.5 Å². The number of amides is 1. The lowest BCUT2D eigenvalue weighted by molar-refractivity contribution is 0.0674. The van der Waals surface area contributed by atoms with Crippen LogP contribution >= 0.6 is 15.9 Å². The number of aromatic carboxylic acids is 1. The first kappa shape index (κ1) is 14.3. The molecule has 0 unspecified atom stereocenters. The molecular weight excluding hydrogens is 326 g/mol. The highest BCUT2D eigenvalue weighted by Crippen LogP contribution is 2.14. The molecule has 20 heavy (non-hydrogen) atoms. The van der Waals surface area contributed by atoms with Crippen molar-refractivity contribution < 1.29 is 14.7 Å². The number of hydrogen-bond acceptors (Lipinski definition) is 3. The van der Waals surface area contributed by atoms with Gasteiger partial charge in [-0.25, -0.2) is 9.78 Å². The number of carbonyl (C=O) groups excluding carboxylic acids is 1. The van der Waals surface area contributed by atoms with Gasteiger partial charge >= 0.3 is 5.97 Å². The topological polar surface area (TPSA) is 86.3 Å². The Labute approximate surface area is 123 Å². The van der Waals surface area contributed by atoms with Crippen LogP contribution in [0.3, 0.4) is 0 Å². The van der Waals surface area contributed by atoms with E-state index in [2.05, 4.69) is 25.9 Å². The van der Waals surface area contributed by atoms with Crippen LogP contribution in [0.2, 0.25) is 0 Å². The van der Waals surface area contributed by atoms with E-state index in [1.807, 2.05) is 24.3 Å². The zero-order valence-electron chi connectivity index (χ0n) is 10.6. The van der Waals surface area contributed by atoms with E-state index in [0.29, 0.717) is 6.54 Å². The summed E-state index contributed by atoms with van der Waals surface area (Å²) in [4.78, 5) is 30.8. The second-order valence-corrected chi connectivity index (χ2v) is 5.14. The predicted octanol–water partition coefficient (Wildman–Crippen LogP) is 2.14. The van der Waals surface area contributed by atoms with Gasteiger partial charge in [-0.1, -0.05) is 28.1 Å². The van der Waals surface area contributed by atoms with E-state index >= 15 is 0 Å². The number of carboxylic acids is 1.